The summed E-state index contributed by atoms with van der Waals surface area (Å²) in [7, 11) is 3.41. The number of hydrogen-bond donors (Lipinski definition) is 1. The third kappa shape index (κ3) is 3.28. The maximum Gasteiger partial charge on any atom is 0.337 e. The van der Waals surface area contributed by atoms with E-state index in [0.717, 1.165) is 19.4 Å². The first-order valence-corrected chi connectivity index (χ1v) is 6.86. The maximum absolute atomic E-state index is 13.8. The van der Waals surface area contributed by atoms with E-state index >= 15 is 0 Å². The first-order chi connectivity index (χ1) is 9.51. The van der Waals surface area contributed by atoms with Crippen molar-refractivity contribution in [3.8, 4) is 0 Å². The lowest BCUT2D eigenvalue weighted by Crippen LogP contribution is -2.42. The smallest absolute Gasteiger partial charge is 0.337 e. The predicted molar refractivity (Wildman–Crippen MR) is 76.5 cm³/mol. The zero-order valence-electron chi connectivity index (χ0n) is 12.1. The number of halogens is 1. The van der Waals surface area contributed by atoms with Crippen LogP contribution in [-0.4, -0.2) is 43.7 Å². The molecule has 4 nitrogen and oxygen atoms in total. The average molecular weight is 280 g/mol. The number of methoxy groups -OCH3 is 1. The number of carbonyl (C=O) groups excluding carboxylic acids is 1. The van der Waals surface area contributed by atoms with Crippen LogP contribution in [0.25, 0.3) is 0 Å². The van der Waals surface area contributed by atoms with E-state index in [-0.39, 0.29) is 11.9 Å². The summed E-state index contributed by atoms with van der Waals surface area (Å²) in [4.78, 5) is 13.8. The highest BCUT2D eigenvalue weighted by Crippen LogP contribution is 2.23. The first kappa shape index (κ1) is 14.8. The van der Waals surface area contributed by atoms with Crippen LogP contribution in [0.15, 0.2) is 18.2 Å². The number of esters is 1. The summed E-state index contributed by atoms with van der Waals surface area (Å²) >= 11 is 0. The fourth-order valence-corrected chi connectivity index (χ4v) is 2.52. The van der Waals surface area contributed by atoms with Crippen LogP contribution in [0.1, 0.15) is 30.1 Å². The quantitative estimate of drug-likeness (QED) is 0.864. The Morgan fingerprint density at radius 1 is 1.50 bits per heavy atom. The number of benzene rings is 1. The van der Waals surface area contributed by atoms with Gasteiger partial charge in [0, 0.05) is 18.6 Å². The van der Waals surface area contributed by atoms with Gasteiger partial charge in [-0.2, -0.15) is 0 Å². The summed E-state index contributed by atoms with van der Waals surface area (Å²) in [5, 5.41) is 3.21. The van der Waals surface area contributed by atoms with Gasteiger partial charge in [-0.05, 0) is 45.0 Å². The maximum atomic E-state index is 13.8. The van der Waals surface area contributed by atoms with Crippen molar-refractivity contribution in [2.75, 3.05) is 26.0 Å². The van der Waals surface area contributed by atoms with Crippen molar-refractivity contribution in [1.29, 1.82) is 0 Å². The van der Waals surface area contributed by atoms with Gasteiger partial charge in [-0.3, -0.25) is 0 Å². The number of nitrogens with zero attached hydrogens (tertiary/aromatic N) is 1. The van der Waals surface area contributed by atoms with Gasteiger partial charge in [-0.25, -0.2) is 9.18 Å². The lowest BCUT2D eigenvalue weighted by Gasteiger charge is -2.35. The van der Waals surface area contributed by atoms with E-state index in [0.29, 0.717) is 17.3 Å². The summed E-state index contributed by atoms with van der Waals surface area (Å²) in [6.45, 7) is 3.15. The highest BCUT2D eigenvalue weighted by atomic mass is 19.1. The van der Waals surface area contributed by atoms with Crippen LogP contribution < -0.4 is 5.32 Å². The molecule has 1 heterocycles. The molecule has 0 radical (unpaired) electrons. The molecule has 1 N–H and O–H groups in total. The van der Waals surface area contributed by atoms with Crippen molar-refractivity contribution in [1.82, 2.24) is 4.90 Å². The van der Waals surface area contributed by atoms with Crippen molar-refractivity contribution in [2.45, 2.75) is 31.8 Å². The molecule has 1 aromatic carbocycles. The molecule has 0 aromatic heterocycles. The lowest BCUT2D eigenvalue weighted by atomic mass is 9.98. The highest BCUT2D eigenvalue weighted by Gasteiger charge is 2.23. The average Bonchev–Trinajstić information content (AvgIpc) is 2.44. The molecule has 1 aromatic rings. The Labute approximate surface area is 118 Å². The number of nitrogens with one attached hydrogen (secondary N) is 1. The van der Waals surface area contributed by atoms with E-state index in [2.05, 4.69) is 28.9 Å². The molecule has 1 aliphatic rings. The van der Waals surface area contributed by atoms with E-state index in [1.165, 1.54) is 25.3 Å². The minimum absolute atomic E-state index is 0.226. The van der Waals surface area contributed by atoms with E-state index in [1.54, 1.807) is 0 Å². The molecule has 2 atom stereocenters. The zero-order valence-corrected chi connectivity index (χ0v) is 12.1. The molecule has 0 saturated carbocycles. The second kappa shape index (κ2) is 6.22. The van der Waals surface area contributed by atoms with Crippen LogP contribution in [-0.2, 0) is 4.74 Å². The minimum Gasteiger partial charge on any atom is -0.465 e. The summed E-state index contributed by atoms with van der Waals surface area (Å²) in [5.74, 6) is -0.797. The molecule has 0 spiro atoms. The molecule has 2 rings (SSSR count). The number of anilines is 1. The van der Waals surface area contributed by atoms with Crippen LogP contribution in [0.3, 0.4) is 0 Å². The van der Waals surface area contributed by atoms with Gasteiger partial charge in [0.25, 0.3) is 0 Å². The largest absolute Gasteiger partial charge is 0.465 e. The summed E-state index contributed by atoms with van der Waals surface area (Å²) in [5.41, 5.74) is 0.729. The van der Waals surface area contributed by atoms with Gasteiger partial charge in [-0.1, -0.05) is 0 Å². The Kier molecular flexibility index (Phi) is 4.60. The molecule has 0 amide bonds. The van der Waals surface area contributed by atoms with Crippen molar-refractivity contribution < 1.29 is 13.9 Å². The predicted octanol–water partition coefficient (Wildman–Crippen LogP) is 2.51. The van der Waals surface area contributed by atoms with E-state index < -0.39 is 5.97 Å². The first-order valence-electron chi connectivity index (χ1n) is 6.86. The van der Waals surface area contributed by atoms with Crippen molar-refractivity contribution in [3.63, 3.8) is 0 Å². The Hall–Kier alpha value is -1.62. The normalized spacial score (nSPS) is 23.4. The molecule has 0 bridgehead atoms. The zero-order chi connectivity index (χ0) is 14.7. The van der Waals surface area contributed by atoms with E-state index in [1.807, 2.05) is 0 Å². The molecule has 110 valence electrons. The summed E-state index contributed by atoms with van der Waals surface area (Å²) in [6, 6.07) is 4.94. The molecular weight excluding hydrogens is 259 g/mol. The molecule has 2 unspecified atom stereocenters. The Bertz CT molecular complexity index is 493. The minimum atomic E-state index is -0.454. The Morgan fingerprint density at radius 3 is 2.90 bits per heavy atom. The molecule has 20 heavy (non-hydrogen) atoms. The second-order valence-corrected chi connectivity index (χ2v) is 5.38. The SMILES string of the molecule is COC(=O)c1ccc(F)c(NC2CCN(C)C(C)C2)c1. The third-order valence-electron chi connectivity index (χ3n) is 3.96. The van der Waals surface area contributed by atoms with Gasteiger partial charge in [0.15, 0.2) is 0 Å². The Morgan fingerprint density at radius 2 is 2.25 bits per heavy atom. The van der Waals surface area contributed by atoms with Gasteiger partial charge < -0.3 is 15.0 Å². The standard InChI is InChI=1S/C15H21FN2O2/c1-10-8-12(6-7-18(10)2)17-14-9-11(15(19)20-3)4-5-13(14)16/h4-5,9-10,12,17H,6-8H2,1-3H3. The van der Waals surface area contributed by atoms with Crippen LogP contribution in [0.2, 0.25) is 0 Å². The summed E-state index contributed by atoms with van der Waals surface area (Å²) < 4.78 is 18.5. The van der Waals surface area contributed by atoms with Gasteiger partial charge in [0.2, 0.25) is 0 Å². The monoisotopic (exact) mass is 280 g/mol. The number of rotatable bonds is 3. The van der Waals surface area contributed by atoms with Crippen molar-refractivity contribution in [3.05, 3.63) is 29.6 Å². The van der Waals surface area contributed by atoms with Crippen LogP contribution in [0.4, 0.5) is 10.1 Å². The van der Waals surface area contributed by atoms with E-state index in [9.17, 15) is 9.18 Å². The number of hydrogen-bond acceptors (Lipinski definition) is 4. The topological polar surface area (TPSA) is 41.6 Å². The summed E-state index contributed by atoms with van der Waals surface area (Å²) in [6.07, 6.45) is 1.92. The number of ether oxygens (including phenoxy) is 1. The van der Waals surface area contributed by atoms with Gasteiger partial charge >= 0.3 is 5.97 Å². The molecule has 1 saturated heterocycles. The molecule has 1 fully saturated rings. The fourth-order valence-electron chi connectivity index (χ4n) is 2.52. The van der Waals surface area contributed by atoms with Crippen LogP contribution >= 0.6 is 0 Å². The molecule has 0 aliphatic carbocycles. The van der Waals surface area contributed by atoms with Gasteiger partial charge in [0.1, 0.15) is 5.82 Å². The van der Waals surface area contributed by atoms with Gasteiger partial charge in [-0.15, -0.1) is 0 Å². The molecule has 1 aliphatic heterocycles. The highest BCUT2D eigenvalue weighted by molar-refractivity contribution is 5.90. The van der Waals surface area contributed by atoms with Crippen LogP contribution in [0.5, 0.6) is 0 Å². The van der Waals surface area contributed by atoms with E-state index in [4.69, 9.17) is 0 Å². The number of piperidine rings is 1. The molecular formula is C15H21FN2O2. The fraction of sp³-hybridized carbons (Fsp3) is 0.533. The number of likely N-dealkylation sites (tertiary alicyclic amines) is 1. The van der Waals surface area contributed by atoms with Crippen LogP contribution in [0, 0.1) is 5.82 Å². The molecule has 5 heteroatoms. The van der Waals surface area contributed by atoms with Gasteiger partial charge in [0.05, 0.1) is 18.4 Å². The number of carbonyl (C=O) groups is 1. The second-order valence-electron chi connectivity index (χ2n) is 5.38. The van der Waals surface area contributed by atoms with Crippen molar-refractivity contribution >= 4 is 11.7 Å². The Balaban J connectivity index is 2.10. The lowest BCUT2D eigenvalue weighted by molar-refractivity contribution is 0.0600. The third-order valence-corrected chi connectivity index (χ3v) is 3.96. The van der Waals surface area contributed by atoms with Crippen molar-refractivity contribution in [2.24, 2.45) is 0 Å².